The summed E-state index contributed by atoms with van der Waals surface area (Å²) in [5.74, 6) is -0.517. The molecule has 0 saturated carbocycles. The molecule has 8 nitrogen and oxygen atoms in total. The van der Waals surface area contributed by atoms with E-state index in [1.165, 1.54) is 6.20 Å². The van der Waals surface area contributed by atoms with Crippen molar-refractivity contribution in [3.05, 3.63) is 60.0 Å². The lowest BCUT2D eigenvalue weighted by Crippen LogP contribution is -2.11. The van der Waals surface area contributed by atoms with Crippen molar-refractivity contribution in [3.8, 4) is 11.3 Å². The minimum absolute atomic E-state index is 0.158. The van der Waals surface area contributed by atoms with Crippen LogP contribution in [0, 0.1) is 0 Å². The molecule has 3 heterocycles. The second-order valence-corrected chi connectivity index (χ2v) is 8.43. The molecule has 2 N–H and O–H groups in total. The van der Waals surface area contributed by atoms with Crippen LogP contribution < -0.4 is 0 Å². The number of hydrogen-bond acceptors (Lipinski definition) is 7. The molecule has 0 aliphatic rings. The molecule has 0 bridgehead atoms. The van der Waals surface area contributed by atoms with E-state index < -0.39 is 11.6 Å². The van der Waals surface area contributed by atoms with Crippen LogP contribution in [0.3, 0.4) is 0 Å². The molecule has 0 aliphatic heterocycles. The number of esters is 1. The topological polar surface area (TPSA) is 107 Å². The Morgan fingerprint density at radius 3 is 2.45 bits per heavy atom. The average Bonchev–Trinajstić information content (AvgIpc) is 3.06. The first-order valence-corrected chi connectivity index (χ1v) is 10.6. The van der Waals surface area contributed by atoms with Crippen LogP contribution in [-0.4, -0.2) is 50.3 Å². The third kappa shape index (κ3) is 5.47. The monoisotopic (exact) mass is 451 g/mol. The summed E-state index contributed by atoms with van der Waals surface area (Å²) in [4.78, 5) is 21.0. The number of rotatable bonds is 5. The third-order valence-corrected chi connectivity index (χ3v) is 4.60. The van der Waals surface area contributed by atoms with Crippen molar-refractivity contribution in [1.29, 1.82) is 0 Å². The van der Waals surface area contributed by atoms with Crippen molar-refractivity contribution in [1.82, 2.24) is 14.7 Å². The molecule has 3 aromatic heterocycles. The smallest absolute Gasteiger partial charge is 0.357 e. The van der Waals surface area contributed by atoms with E-state index in [1.807, 2.05) is 36.4 Å². The second kappa shape index (κ2) is 9.97. The van der Waals surface area contributed by atoms with E-state index in [0.29, 0.717) is 22.0 Å². The normalized spacial score (nSPS) is 11.3. The first kappa shape index (κ1) is 24.2. The van der Waals surface area contributed by atoms with Crippen LogP contribution in [-0.2, 0) is 16.1 Å². The summed E-state index contributed by atoms with van der Waals surface area (Å²) < 4.78 is 11.5. The van der Waals surface area contributed by atoms with E-state index >= 15 is 0 Å². The number of fused-ring (bicyclic) bond motifs is 3. The largest absolute Gasteiger partial charge is 0.461 e. The van der Waals surface area contributed by atoms with Crippen LogP contribution in [0.5, 0.6) is 0 Å². The van der Waals surface area contributed by atoms with Gasteiger partial charge in [0.25, 0.3) is 0 Å². The van der Waals surface area contributed by atoms with Crippen LogP contribution in [0.4, 0.5) is 0 Å². The first-order chi connectivity index (χ1) is 15.7. The lowest BCUT2D eigenvalue weighted by atomic mass is 10.0. The van der Waals surface area contributed by atoms with Crippen LogP contribution in [0.25, 0.3) is 33.1 Å². The van der Waals surface area contributed by atoms with Crippen LogP contribution in [0.2, 0.25) is 0 Å². The van der Waals surface area contributed by atoms with Gasteiger partial charge in [-0.2, -0.15) is 4.73 Å². The third-order valence-electron chi connectivity index (χ3n) is 4.60. The van der Waals surface area contributed by atoms with Gasteiger partial charge in [0.05, 0.1) is 36.2 Å². The number of nitrogens with zero attached hydrogens (tertiary/aromatic N) is 3. The zero-order valence-electron chi connectivity index (χ0n) is 19.5. The highest BCUT2D eigenvalue weighted by atomic mass is 16.5. The fourth-order valence-corrected chi connectivity index (χ4v) is 3.41. The van der Waals surface area contributed by atoms with Gasteiger partial charge in [0, 0.05) is 35.2 Å². The molecule has 174 valence electrons. The van der Waals surface area contributed by atoms with Crippen molar-refractivity contribution in [2.75, 3.05) is 13.7 Å². The molecule has 0 fully saturated rings. The van der Waals surface area contributed by atoms with E-state index in [1.54, 1.807) is 41.0 Å². The summed E-state index contributed by atoms with van der Waals surface area (Å²) in [6.45, 7) is 7.38. The Kier molecular flexibility index (Phi) is 7.30. The molecule has 0 atom stereocenters. The fraction of sp³-hybridized carbons (Fsp3) is 0.320. The predicted molar refractivity (Wildman–Crippen MR) is 126 cm³/mol. The molecule has 0 amide bonds. The van der Waals surface area contributed by atoms with Crippen molar-refractivity contribution in [2.24, 2.45) is 0 Å². The summed E-state index contributed by atoms with van der Waals surface area (Å²) >= 11 is 0. The molecule has 0 spiro atoms. The Morgan fingerprint density at radius 1 is 1.12 bits per heavy atom. The van der Waals surface area contributed by atoms with E-state index in [0.717, 1.165) is 21.4 Å². The van der Waals surface area contributed by atoms with Crippen LogP contribution >= 0.6 is 0 Å². The molecule has 0 aliphatic carbocycles. The highest BCUT2D eigenvalue weighted by molar-refractivity contribution is 6.12. The minimum Gasteiger partial charge on any atom is -0.461 e. The summed E-state index contributed by atoms with van der Waals surface area (Å²) in [5.41, 5.74) is 3.08. The van der Waals surface area contributed by atoms with Gasteiger partial charge in [-0.05, 0) is 52.0 Å². The van der Waals surface area contributed by atoms with Gasteiger partial charge < -0.3 is 19.8 Å². The lowest BCUT2D eigenvalue weighted by Gasteiger charge is -2.09. The molecular formula is C25H29N3O5. The zero-order chi connectivity index (χ0) is 24.2. The number of carbonyl (C=O) groups excluding carboxylic acids is 1. The number of aliphatic hydroxyl groups is 1. The van der Waals surface area contributed by atoms with Crippen molar-refractivity contribution in [2.45, 2.75) is 39.9 Å². The molecule has 0 saturated heterocycles. The van der Waals surface area contributed by atoms with Gasteiger partial charge >= 0.3 is 5.97 Å². The first-order valence-electron chi connectivity index (χ1n) is 10.6. The number of pyridine rings is 2. The maximum Gasteiger partial charge on any atom is 0.357 e. The van der Waals surface area contributed by atoms with Crippen molar-refractivity contribution >= 4 is 27.8 Å². The Morgan fingerprint density at radius 2 is 1.85 bits per heavy atom. The van der Waals surface area contributed by atoms with Crippen LogP contribution in [0.1, 0.15) is 43.7 Å². The zero-order valence-corrected chi connectivity index (χ0v) is 19.5. The van der Waals surface area contributed by atoms with Gasteiger partial charge in [0.15, 0.2) is 5.69 Å². The van der Waals surface area contributed by atoms with E-state index in [9.17, 15) is 10.0 Å². The molecule has 4 rings (SSSR count). The van der Waals surface area contributed by atoms with Gasteiger partial charge in [-0.3, -0.25) is 4.98 Å². The lowest BCUT2D eigenvalue weighted by molar-refractivity contribution is 0.0514. The van der Waals surface area contributed by atoms with E-state index in [2.05, 4.69) is 9.97 Å². The van der Waals surface area contributed by atoms with Gasteiger partial charge in [0.2, 0.25) is 0 Å². The van der Waals surface area contributed by atoms with Crippen molar-refractivity contribution < 1.29 is 24.6 Å². The maximum atomic E-state index is 12.4. The predicted octanol–water partition coefficient (Wildman–Crippen LogP) is 4.59. The van der Waals surface area contributed by atoms with Crippen molar-refractivity contribution in [3.63, 3.8) is 0 Å². The number of ether oxygens (including phenoxy) is 2. The quantitative estimate of drug-likeness (QED) is 0.338. The van der Waals surface area contributed by atoms with Gasteiger partial charge in [-0.15, -0.1) is 0 Å². The highest BCUT2D eigenvalue weighted by Gasteiger charge is 2.22. The standard InChI is InChI=1S/C21H19N3O4.C4H10O/c1-3-28-21(25)20-15(12-27-2)19-14-10-13(16-6-4-5-9-22-16)7-8-17(14)24(26)18(19)11-23-20;1-4(2,3)5/h4-11,26H,3,12H2,1-2H3;5H,1-3H3. The molecule has 4 aromatic rings. The minimum atomic E-state index is -0.517. The summed E-state index contributed by atoms with van der Waals surface area (Å²) in [6, 6.07) is 11.4. The number of aromatic nitrogens is 3. The fourth-order valence-electron chi connectivity index (χ4n) is 3.41. The van der Waals surface area contributed by atoms with E-state index in [4.69, 9.17) is 14.6 Å². The van der Waals surface area contributed by atoms with Gasteiger partial charge in [-0.25, -0.2) is 9.78 Å². The Bertz CT molecular complexity index is 1250. The highest BCUT2D eigenvalue weighted by Crippen LogP contribution is 2.34. The molecule has 8 heteroatoms. The molecule has 1 aromatic carbocycles. The average molecular weight is 452 g/mol. The second-order valence-electron chi connectivity index (χ2n) is 8.43. The maximum absolute atomic E-state index is 12.4. The Labute approximate surface area is 192 Å². The van der Waals surface area contributed by atoms with Gasteiger partial charge in [0.1, 0.15) is 5.52 Å². The number of methoxy groups -OCH3 is 1. The summed E-state index contributed by atoms with van der Waals surface area (Å²) in [6.07, 6.45) is 3.20. The molecule has 0 radical (unpaired) electrons. The number of carbonyl (C=O) groups is 1. The summed E-state index contributed by atoms with van der Waals surface area (Å²) in [7, 11) is 1.55. The SMILES string of the molecule is CC(C)(C)O.CCOC(=O)c1ncc2c(c1COC)c1cc(-c3ccccn3)ccc1n2O. The Hall–Kier alpha value is -3.49. The van der Waals surface area contributed by atoms with E-state index in [-0.39, 0.29) is 18.9 Å². The molecule has 33 heavy (non-hydrogen) atoms. The van der Waals surface area contributed by atoms with Gasteiger partial charge in [-0.1, -0.05) is 12.1 Å². The molecule has 0 unspecified atom stereocenters. The molecular weight excluding hydrogens is 422 g/mol. The van der Waals surface area contributed by atoms with Crippen LogP contribution in [0.15, 0.2) is 48.8 Å². The number of hydrogen-bond donors (Lipinski definition) is 2. The number of benzene rings is 1. The summed E-state index contributed by atoms with van der Waals surface area (Å²) in [5, 5.41) is 20.6. The Balaban J connectivity index is 0.000000555.